The largest absolute Gasteiger partial charge is 0.348 e. The van der Waals surface area contributed by atoms with E-state index in [0.717, 1.165) is 16.5 Å². The van der Waals surface area contributed by atoms with Crippen molar-refractivity contribution in [2.45, 2.75) is 32.2 Å². The first kappa shape index (κ1) is 14.0. The van der Waals surface area contributed by atoms with Gasteiger partial charge in [0, 0.05) is 17.5 Å². The molecule has 0 unspecified atom stereocenters. The van der Waals surface area contributed by atoms with Gasteiger partial charge in [-0.15, -0.1) is 0 Å². The van der Waals surface area contributed by atoms with Crippen LogP contribution < -0.4 is 5.32 Å². The number of hydrogen-bond acceptors (Lipinski definition) is 2. The van der Waals surface area contributed by atoms with E-state index in [1.165, 1.54) is 24.0 Å². The lowest BCUT2D eigenvalue weighted by molar-refractivity contribution is 0.0951. The Morgan fingerprint density at radius 2 is 2.00 bits per heavy atom. The third-order valence-corrected chi connectivity index (χ3v) is 4.53. The van der Waals surface area contributed by atoms with Crippen LogP contribution in [0.25, 0.3) is 10.9 Å². The first-order valence-corrected chi connectivity index (χ1v) is 8.02. The Bertz CT molecular complexity index is 860. The van der Waals surface area contributed by atoms with E-state index in [-0.39, 0.29) is 5.91 Å². The third-order valence-electron chi connectivity index (χ3n) is 4.53. The number of carbonyl (C=O) groups is 1. The zero-order chi connectivity index (χ0) is 15.8. The number of aromatic nitrogens is 2. The molecule has 1 heterocycles. The number of nitrogens with zero attached hydrogens (tertiary/aromatic N) is 1. The monoisotopic (exact) mass is 305 g/mol. The SMILES string of the molecule is Cc1ccc(C(=O)NCc2c(C3CC3)ccc3[nH]ncc23)cc1. The van der Waals surface area contributed by atoms with Crippen LogP contribution in [0, 0.1) is 6.92 Å². The maximum Gasteiger partial charge on any atom is 0.251 e. The Morgan fingerprint density at radius 3 is 2.74 bits per heavy atom. The highest BCUT2D eigenvalue weighted by Gasteiger charge is 2.27. The lowest BCUT2D eigenvalue weighted by atomic mass is 9.99. The quantitative estimate of drug-likeness (QED) is 0.772. The molecule has 1 saturated carbocycles. The van der Waals surface area contributed by atoms with Crippen molar-refractivity contribution >= 4 is 16.8 Å². The highest BCUT2D eigenvalue weighted by atomic mass is 16.1. The Kier molecular flexibility index (Phi) is 3.37. The minimum Gasteiger partial charge on any atom is -0.348 e. The molecule has 1 aliphatic rings. The standard InChI is InChI=1S/C19H19N3O/c1-12-2-4-14(5-3-12)19(23)20-10-16-15(13-6-7-13)8-9-18-17(16)11-21-22-18/h2-5,8-9,11,13H,6-7,10H2,1H3,(H,20,23)(H,21,22). The molecule has 1 aromatic heterocycles. The highest BCUT2D eigenvalue weighted by Crippen LogP contribution is 2.43. The lowest BCUT2D eigenvalue weighted by Crippen LogP contribution is -2.23. The second-order valence-corrected chi connectivity index (χ2v) is 6.29. The fraction of sp³-hybridized carbons (Fsp3) is 0.263. The van der Waals surface area contributed by atoms with Gasteiger partial charge in [0.1, 0.15) is 0 Å². The van der Waals surface area contributed by atoms with Crippen LogP contribution >= 0.6 is 0 Å². The van der Waals surface area contributed by atoms with Crippen LogP contribution in [0.1, 0.15) is 45.8 Å². The molecule has 4 heteroatoms. The van der Waals surface area contributed by atoms with Crippen molar-refractivity contribution < 1.29 is 4.79 Å². The molecule has 23 heavy (non-hydrogen) atoms. The molecule has 0 saturated heterocycles. The summed E-state index contributed by atoms with van der Waals surface area (Å²) in [4.78, 5) is 12.4. The maximum absolute atomic E-state index is 12.4. The average molecular weight is 305 g/mol. The van der Waals surface area contributed by atoms with Crippen molar-refractivity contribution in [2.24, 2.45) is 0 Å². The van der Waals surface area contributed by atoms with Crippen LogP contribution in [0.4, 0.5) is 0 Å². The molecule has 2 aromatic carbocycles. The molecule has 0 radical (unpaired) electrons. The van der Waals surface area contributed by atoms with Crippen molar-refractivity contribution in [3.63, 3.8) is 0 Å². The molecule has 3 aromatic rings. The minimum atomic E-state index is -0.0350. The van der Waals surface area contributed by atoms with E-state index in [1.54, 1.807) is 0 Å². The average Bonchev–Trinajstić information content (AvgIpc) is 3.29. The van der Waals surface area contributed by atoms with Crippen LogP contribution in [0.5, 0.6) is 0 Å². The normalized spacial score (nSPS) is 14.1. The number of aromatic amines is 1. The molecule has 4 rings (SSSR count). The molecule has 0 aliphatic heterocycles. The third kappa shape index (κ3) is 2.72. The van der Waals surface area contributed by atoms with Crippen LogP contribution in [-0.2, 0) is 6.54 Å². The molecule has 1 amide bonds. The number of fused-ring (bicyclic) bond motifs is 1. The molecule has 1 aliphatic carbocycles. The number of benzene rings is 2. The van der Waals surface area contributed by atoms with Crippen LogP contribution in [0.3, 0.4) is 0 Å². The Balaban J connectivity index is 1.59. The summed E-state index contributed by atoms with van der Waals surface area (Å²) in [5, 5.41) is 11.3. The van der Waals surface area contributed by atoms with E-state index >= 15 is 0 Å². The molecule has 2 N–H and O–H groups in total. The fourth-order valence-electron chi connectivity index (χ4n) is 3.04. The summed E-state index contributed by atoms with van der Waals surface area (Å²) < 4.78 is 0. The van der Waals surface area contributed by atoms with Crippen molar-refractivity contribution in [1.29, 1.82) is 0 Å². The topological polar surface area (TPSA) is 57.8 Å². The van der Waals surface area contributed by atoms with Gasteiger partial charge in [-0.05, 0) is 55.0 Å². The predicted octanol–water partition coefficient (Wildman–Crippen LogP) is 3.68. The summed E-state index contributed by atoms with van der Waals surface area (Å²) in [6.45, 7) is 2.55. The molecule has 0 spiro atoms. The van der Waals surface area contributed by atoms with Crippen LogP contribution in [0.15, 0.2) is 42.6 Å². The van der Waals surface area contributed by atoms with E-state index < -0.39 is 0 Å². The van der Waals surface area contributed by atoms with E-state index in [4.69, 9.17) is 0 Å². The van der Waals surface area contributed by atoms with Gasteiger partial charge in [0.2, 0.25) is 0 Å². The zero-order valence-corrected chi connectivity index (χ0v) is 13.1. The van der Waals surface area contributed by atoms with Gasteiger partial charge >= 0.3 is 0 Å². The highest BCUT2D eigenvalue weighted by molar-refractivity contribution is 5.94. The molecular formula is C19H19N3O. The number of H-pyrrole nitrogens is 1. The van der Waals surface area contributed by atoms with Gasteiger partial charge in [0.25, 0.3) is 5.91 Å². The molecule has 116 valence electrons. The van der Waals surface area contributed by atoms with Crippen LogP contribution in [0.2, 0.25) is 0 Å². The number of carbonyl (C=O) groups excluding carboxylic acids is 1. The predicted molar refractivity (Wildman–Crippen MR) is 90.4 cm³/mol. The maximum atomic E-state index is 12.4. The van der Waals surface area contributed by atoms with E-state index in [2.05, 4.69) is 27.6 Å². The number of nitrogens with one attached hydrogen (secondary N) is 2. The lowest BCUT2D eigenvalue weighted by Gasteiger charge is -2.12. The Hall–Kier alpha value is -2.62. The fourth-order valence-corrected chi connectivity index (χ4v) is 3.04. The summed E-state index contributed by atoms with van der Waals surface area (Å²) in [5.74, 6) is 0.604. The Labute approximate surface area is 134 Å². The van der Waals surface area contributed by atoms with Gasteiger partial charge in [-0.25, -0.2) is 0 Å². The molecule has 0 bridgehead atoms. The van der Waals surface area contributed by atoms with Crippen molar-refractivity contribution in [2.75, 3.05) is 0 Å². The van der Waals surface area contributed by atoms with E-state index in [1.807, 2.05) is 37.4 Å². The smallest absolute Gasteiger partial charge is 0.251 e. The molecule has 0 atom stereocenters. The van der Waals surface area contributed by atoms with Gasteiger partial charge in [-0.3, -0.25) is 9.89 Å². The molecular weight excluding hydrogens is 286 g/mol. The van der Waals surface area contributed by atoms with Crippen LogP contribution in [-0.4, -0.2) is 16.1 Å². The van der Waals surface area contributed by atoms with Crippen molar-refractivity contribution in [3.05, 3.63) is 64.8 Å². The summed E-state index contributed by atoms with van der Waals surface area (Å²) in [6, 6.07) is 11.9. The van der Waals surface area contributed by atoms with Gasteiger partial charge in [-0.2, -0.15) is 5.10 Å². The summed E-state index contributed by atoms with van der Waals surface area (Å²) >= 11 is 0. The summed E-state index contributed by atoms with van der Waals surface area (Å²) in [7, 11) is 0. The number of aryl methyl sites for hydroxylation is 1. The first-order valence-electron chi connectivity index (χ1n) is 8.02. The zero-order valence-electron chi connectivity index (χ0n) is 13.1. The summed E-state index contributed by atoms with van der Waals surface area (Å²) in [5.41, 5.74) is 5.42. The number of rotatable bonds is 4. The number of hydrogen-bond donors (Lipinski definition) is 2. The minimum absolute atomic E-state index is 0.0350. The van der Waals surface area contributed by atoms with Crippen molar-refractivity contribution in [3.8, 4) is 0 Å². The van der Waals surface area contributed by atoms with Gasteiger partial charge < -0.3 is 5.32 Å². The van der Waals surface area contributed by atoms with E-state index in [0.29, 0.717) is 18.0 Å². The van der Waals surface area contributed by atoms with E-state index in [9.17, 15) is 4.79 Å². The number of amides is 1. The second-order valence-electron chi connectivity index (χ2n) is 6.29. The van der Waals surface area contributed by atoms with Crippen molar-refractivity contribution in [1.82, 2.24) is 15.5 Å². The Morgan fingerprint density at radius 1 is 1.22 bits per heavy atom. The van der Waals surface area contributed by atoms with Gasteiger partial charge in [0.05, 0.1) is 11.7 Å². The van der Waals surface area contributed by atoms with Gasteiger partial charge in [-0.1, -0.05) is 23.8 Å². The first-order chi connectivity index (χ1) is 11.2. The molecule has 1 fully saturated rings. The summed E-state index contributed by atoms with van der Waals surface area (Å²) in [6.07, 6.45) is 4.33. The molecule has 4 nitrogen and oxygen atoms in total. The van der Waals surface area contributed by atoms with Gasteiger partial charge in [0.15, 0.2) is 0 Å². The second kappa shape index (κ2) is 5.54.